The van der Waals surface area contributed by atoms with Gasteiger partial charge in [0.1, 0.15) is 0 Å². The van der Waals surface area contributed by atoms with Crippen LogP contribution in [-0.2, 0) is 27.4 Å². The molecule has 0 bridgehead atoms. The van der Waals surface area contributed by atoms with Crippen LogP contribution in [0.5, 0.6) is 11.5 Å². The minimum atomic E-state index is -0.150. The minimum absolute atomic E-state index is 0.00824. The third-order valence-corrected chi connectivity index (χ3v) is 6.09. The molecule has 0 saturated heterocycles. The van der Waals surface area contributed by atoms with Crippen molar-refractivity contribution in [1.82, 2.24) is 9.80 Å². The SMILES string of the molecule is COCCCN(CC(=O)N(Cc1ccc2c(c1)OCO2)Cc1cccs1)C(=O)CC(C)(C)C. The van der Waals surface area contributed by atoms with E-state index in [2.05, 4.69) is 0 Å². The Labute approximate surface area is 200 Å². The number of fused-ring (bicyclic) bond motifs is 1. The number of amides is 2. The molecule has 180 valence electrons. The summed E-state index contributed by atoms with van der Waals surface area (Å²) in [7, 11) is 1.64. The standard InChI is InChI=1S/C25H34N2O5S/c1-25(2,3)14-23(28)26(10-6-11-30-4)17-24(29)27(16-20-7-5-12-33-20)15-19-8-9-21-22(13-19)32-18-31-21/h5,7-9,12-13H,6,10-11,14-18H2,1-4H3. The maximum absolute atomic E-state index is 13.5. The first-order valence-electron chi connectivity index (χ1n) is 11.2. The lowest BCUT2D eigenvalue weighted by molar-refractivity contribution is -0.142. The highest BCUT2D eigenvalue weighted by Gasteiger charge is 2.25. The van der Waals surface area contributed by atoms with E-state index >= 15 is 0 Å². The second kappa shape index (κ2) is 11.5. The van der Waals surface area contributed by atoms with Crippen molar-refractivity contribution >= 4 is 23.2 Å². The molecular weight excluding hydrogens is 440 g/mol. The Kier molecular flexibility index (Phi) is 8.74. The molecule has 0 spiro atoms. The Morgan fingerprint density at radius 1 is 1.06 bits per heavy atom. The predicted molar refractivity (Wildman–Crippen MR) is 128 cm³/mol. The van der Waals surface area contributed by atoms with E-state index < -0.39 is 0 Å². The maximum Gasteiger partial charge on any atom is 0.242 e. The molecule has 0 aliphatic carbocycles. The van der Waals surface area contributed by atoms with Crippen molar-refractivity contribution in [2.24, 2.45) is 5.41 Å². The van der Waals surface area contributed by atoms with E-state index in [1.807, 2.05) is 56.5 Å². The van der Waals surface area contributed by atoms with Crippen molar-refractivity contribution < 1.29 is 23.8 Å². The first-order chi connectivity index (χ1) is 15.7. The van der Waals surface area contributed by atoms with Crippen LogP contribution in [0.4, 0.5) is 0 Å². The fourth-order valence-corrected chi connectivity index (χ4v) is 4.32. The van der Waals surface area contributed by atoms with Gasteiger partial charge in [-0.25, -0.2) is 0 Å². The van der Waals surface area contributed by atoms with Crippen molar-refractivity contribution in [3.63, 3.8) is 0 Å². The third-order valence-electron chi connectivity index (χ3n) is 5.23. The molecule has 7 nitrogen and oxygen atoms in total. The molecule has 1 aromatic carbocycles. The summed E-state index contributed by atoms with van der Waals surface area (Å²) in [5, 5.41) is 2.00. The summed E-state index contributed by atoms with van der Waals surface area (Å²) in [5.74, 6) is 1.32. The molecule has 2 aromatic rings. The second-order valence-corrected chi connectivity index (χ2v) is 10.4. The number of ether oxygens (including phenoxy) is 3. The molecule has 0 fully saturated rings. The van der Waals surface area contributed by atoms with Gasteiger partial charge in [-0.3, -0.25) is 9.59 Å². The normalized spacial score (nSPS) is 12.6. The zero-order valence-electron chi connectivity index (χ0n) is 20.0. The van der Waals surface area contributed by atoms with Crippen molar-refractivity contribution in [1.29, 1.82) is 0 Å². The summed E-state index contributed by atoms with van der Waals surface area (Å²) >= 11 is 1.61. The molecule has 2 amide bonds. The van der Waals surface area contributed by atoms with Crippen LogP contribution < -0.4 is 9.47 Å². The molecule has 3 rings (SSSR count). The number of nitrogens with zero attached hydrogens (tertiary/aromatic N) is 2. The van der Waals surface area contributed by atoms with Gasteiger partial charge >= 0.3 is 0 Å². The summed E-state index contributed by atoms with van der Waals surface area (Å²) in [6, 6.07) is 9.73. The van der Waals surface area contributed by atoms with E-state index in [4.69, 9.17) is 14.2 Å². The van der Waals surface area contributed by atoms with Crippen LogP contribution in [0.15, 0.2) is 35.7 Å². The van der Waals surface area contributed by atoms with Crippen LogP contribution in [0, 0.1) is 5.41 Å². The lowest BCUT2D eigenvalue weighted by Crippen LogP contribution is -2.43. The zero-order chi connectivity index (χ0) is 23.8. The molecule has 2 heterocycles. The molecule has 0 unspecified atom stereocenters. The largest absolute Gasteiger partial charge is 0.454 e. The minimum Gasteiger partial charge on any atom is -0.454 e. The van der Waals surface area contributed by atoms with Gasteiger partial charge in [0.05, 0.1) is 13.1 Å². The number of rotatable bonds is 11. The van der Waals surface area contributed by atoms with Crippen molar-refractivity contribution in [2.45, 2.75) is 46.7 Å². The van der Waals surface area contributed by atoms with Crippen LogP contribution in [0.2, 0.25) is 0 Å². The Morgan fingerprint density at radius 3 is 2.55 bits per heavy atom. The fourth-order valence-electron chi connectivity index (χ4n) is 3.60. The fraction of sp³-hybridized carbons (Fsp3) is 0.520. The van der Waals surface area contributed by atoms with E-state index in [-0.39, 0.29) is 30.6 Å². The molecule has 0 N–H and O–H groups in total. The molecule has 1 aromatic heterocycles. The number of carbonyl (C=O) groups excluding carboxylic acids is 2. The third kappa shape index (κ3) is 7.75. The molecule has 0 atom stereocenters. The zero-order valence-corrected chi connectivity index (χ0v) is 20.8. The second-order valence-electron chi connectivity index (χ2n) is 9.42. The first kappa shape index (κ1) is 25.1. The van der Waals surface area contributed by atoms with Gasteiger partial charge in [0.2, 0.25) is 18.6 Å². The lowest BCUT2D eigenvalue weighted by atomic mass is 9.91. The van der Waals surface area contributed by atoms with Gasteiger partial charge in [0, 0.05) is 38.1 Å². The molecule has 0 saturated carbocycles. The van der Waals surface area contributed by atoms with Gasteiger partial charge in [0.15, 0.2) is 11.5 Å². The Morgan fingerprint density at radius 2 is 1.85 bits per heavy atom. The topological polar surface area (TPSA) is 68.3 Å². The summed E-state index contributed by atoms with van der Waals surface area (Å²) in [6.45, 7) is 8.30. The lowest BCUT2D eigenvalue weighted by Gasteiger charge is -2.29. The number of carbonyl (C=O) groups is 2. The van der Waals surface area contributed by atoms with Crippen molar-refractivity contribution in [3.8, 4) is 11.5 Å². The van der Waals surface area contributed by atoms with Gasteiger partial charge in [-0.15, -0.1) is 11.3 Å². The number of benzene rings is 1. The molecule has 8 heteroatoms. The summed E-state index contributed by atoms with van der Waals surface area (Å²) in [6.07, 6.45) is 1.08. The highest BCUT2D eigenvalue weighted by Crippen LogP contribution is 2.33. The van der Waals surface area contributed by atoms with Crippen LogP contribution in [0.25, 0.3) is 0 Å². The van der Waals surface area contributed by atoms with E-state index in [9.17, 15) is 9.59 Å². The number of thiophene rings is 1. The summed E-state index contributed by atoms with van der Waals surface area (Å²) in [4.78, 5) is 31.0. The first-order valence-corrected chi connectivity index (χ1v) is 12.1. The predicted octanol–water partition coefficient (Wildman–Crippen LogP) is 4.31. The van der Waals surface area contributed by atoms with Gasteiger partial charge in [-0.1, -0.05) is 32.9 Å². The molecule has 1 aliphatic rings. The van der Waals surface area contributed by atoms with E-state index in [0.717, 1.165) is 10.4 Å². The Hall–Kier alpha value is -2.58. The number of methoxy groups -OCH3 is 1. The van der Waals surface area contributed by atoms with Gasteiger partial charge in [-0.05, 0) is 41.0 Å². The van der Waals surface area contributed by atoms with Crippen LogP contribution in [0.1, 0.15) is 44.1 Å². The van der Waals surface area contributed by atoms with Crippen molar-refractivity contribution in [3.05, 3.63) is 46.2 Å². The summed E-state index contributed by atoms with van der Waals surface area (Å²) in [5.41, 5.74) is 0.805. The van der Waals surface area contributed by atoms with Crippen LogP contribution in [0.3, 0.4) is 0 Å². The van der Waals surface area contributed by atoms with Gasteiger partial charge in [0.25, 0.3) is 0 Å². The van der Waals surface area contributed by atoms with E-state index in [1.165, 1.54) is 0 Å². The highest BCUT2D eigenvalue weighted by molar-refractivity contribution is 7.09. The van der Waals surface area contributed by atoms with E-state index in [1.54, 1.807) is 28.2 Å². The number of hydrogen-bond acceptors (Lipinski definition) is 6. The monoisotopic (exact) mass is 474 g/mol. The van der Waals surface area contributed by atoms with Gasteiger partial charge < -0.3 is 24.0 Å². The Balaban J connectivity index is 1.75. The average molecular weight is 475 g/mol. The molecular formula is C25H34N2O5S. The van der Waals surface area contributed by atoms with E-state index in [0.29, 0.717) is 50.6 Å². The Bertz CT molecular complexity index is 923. The number of hydrogen-bond donors (Lipinski definition) is 0. The maximum atomic E-state index is 13.5. The van der Waals surface area contributed by atoms with Gasteiger partial charge in [-0.2, -0.15) is 0 Å². The summed E-state index contributed by atoms with van der Waals surface area (Å²) < 4.78 is 16.1. The van der Waals surface area contributed by atoms with Crippen LogP contribution >= 0.6 is 11.3 Å². The van der Waals surface area contributed by atoms with Crippen LogP contribution in [-0.4, -0.2) is 55.2 Å². The van der Waals surface area contributed by atoms with Crippen molar-refractivity contribution in [2.75, 3.05) is 33.6 Å². The smallest absolute Gasteiger partial charge is 0.242 e. The molecule has 1 aliphatic heterocycles. The molecule has 0 radical (unpaired) electrons. The highest BCUT2D eigenvalue weighted by atomic mass is 32.1. The quantitative estimate of drug-likeness (QED) is 0.454. The molecule has 33 heavy (non-hydrogen) atoms. The average Bonchev–Trinajstić information content (AvgIpc) is 3.42.